The van der Waals surface area contributed by atoms with Crippen LogP contribution in [0.3, 0.4) is 0 Å². The summed E-state index contributed by atoms with van der Waals surface area (Å²) in [5.41, 5.74) is 1.32. The zero-order valence-electron chi connectivity index (χ0n) is 9.12. The molecule has 0 nitrogen and oxygen atoms in total. The number of hydrogen-bond acceptors (Lipinski definition) is 0. The van der Waals surface area contributed by atoms with Crippen molar-refractivity contribution in [2.45, 2.75) is 26.2 Å². The molecule has 0 spiro atoms. The molecule has 2 atom stereocenters. The summed E-state index contributed by atoms with van der Waals surface area (Å²) in [6.45, 7) is 2.22. The normalized spacial score (nSPS) is 30.0. The zero-order chi connectivity index (χ0) is 10.7. The Morgan fingerprint density at radius 3 is 2.80 bits per heavy atom. The molecule has 0 radical (unpaired) electrons. The highest BCUT2D eigenvalue weighted by atomic mass is 35.5. The van der Waals surface area contributed by atoms with Gasteiger partial charge in [0.05, 0.1) is 0 Å². The van der Waals surface area contributed by atoms with Crippen molar-refractivity contribution in [2.24, 2.45) is 11.8 Å². The minimum atomic E-state index is 0.497. The molecule has 15 heavy (non-hydrogen) atoms. The van der Waals surface area contributed by atoms with Crippen LogP contribution in [-0.2, 0) is 0 Å². The lowest BCUT2D eigenvalue weighted by atomic mass is 9.85. The number of halogens is 1. The Hall–Kier alpha value is -0.750. The van der Waals surface area contributed by atoms with Gasteiger partial charge in [0.15, 0.2) is 0 Å². The van der Waals surface area contributed by atoms with Crippen LogP contribution in [0.4, 0.5) is 0 Å². The smallest absolute Gasteiger partial charge is 0.0224 e. The highest BCUT2D eigenvalue weighted by Crippen LogP contribution is 2.34. The van der Waals surface area contributed by atoms with Crippen LogP contribution in [0, 0.1) is 11.8 Å². The van der Waals surface area contributed by atoms with Crippen molar-refractivity contribution in [1.82, 2.24) is 0 Å². The summed E-state index contributed by atoms with van der Waals surface area (Å²) in [6, 6.07) is 0. The molecule has 0 saturated carbocycles. The monoisotopic (exact) mass is 220 g/mol. The van der Waals surface area contributed by atoms with Crippen LogP contribution in [0.15, 0.2) is 47.1 Å². The van der Waals surface area contributed by atoms with Crippen LogP contribution in [0.1, 0.15) is 26.2 Å². The Bertz CT molecular complexity index is 344. The van der Waals surface area contributed by atoms with Gasteiger partial charge >= 0.3 is 0 Å². The quantitative estimate of drug-likeness (QED) is 0.638. The molecule has 80 valence electrons. The predicted molar refractivity (Wildman–Crippen MR) is 66.8 cm³/mol. The molecule has 2 rings (SSSR count). The molecule has 2 unspecified atom stereocenters. The zero-order valence-corrected chi connectivity index (χ0v) is 9.87. The Labute approximate surface area is 97.0 Å². The van der Waals surface area contributed by atoms with Gasteiger partial charge in [0.25, 0.3) is 0 Å². The number of allylic oxidation sites excluding steroid dienone is 8. The van der Waals surface area contributed by atoms with E-state index in [0.29, 0.717) is 11.8 Å². The first-order chi connectivity index (χ1) is 7.31. The van der Waals surface area contributed by atoms with Crippen molar-refractivity contribution in [3.05, 3.63) is 47.1 Å². The first-order valence-corrected chi connectivity index (χ1v) is 6.09. The van der Waals surface area contributed by atoms with Crippen molar-refractivity contribution >= 4 is 11.6 Å². The van der Waals surface area contributed by atoms with E-state index in [2.05, 4.69) is 43.4 Å². The SMILES string of the molecule is CCC1C=CC(C2C=CC=CC2)=C(Cl)C1. The van der Waals surface area contributed by atoms with Crippen LogP contribution in [0.5, 0.6) is 0 Å². The fraction of sp³-hybridized carbons (Fsp3) is 0.429. The number of rotatable bonds is 2. The lowest BCUT2D eigenvalue weighted by molar-refractivity contribution is 0.612. The summed E-state index contributed by atoms with van der Waals surface area (Å²) in [5.74, 6) is 1.14. The third-order valence-electron chi connectivity index (χ3n) is 3.21. The maximum atomic E-state index is 6.36. The van der Waals surface area contributed by atoms with Crippen molar-refractivity contribution in [2.75, 3.05) is 0 Å². The summed E-state index contributed by atoms with van der Waals surface area (Å²) < 4.78 is 0. The van der Waals surface area contributed by atoms with Gasteiger partial charge in [-0.1, -0.05) is 55.0 Å². The second kappa shape index (κ2) is 4.85. The van der Waals surface area contributed by atoms with Crippen molar-refractivity contribution < 1.29 is 0 Å². The van der Waals surface area contributed by atoms with Gasteiger partial charge in [-0.25, -0.2) is 0 Å². The molecule has 0 aromatic carbocycles. The molecular formula is C14H17Cl. The van der Waals surface area contributed by atoms with E-state index in [4.69, 9.17) is 11.6 Å². The third kappa shape index (κ3) is 2.43. The summed E-state index contributed by atoms with van der Waals surface area (Å²) in [5, 5.41) is 1.06. The molecule has 0 heterocycles. The average Bonchev–Trinajstić information content (AvgIpc) is 2.30. The molecule has 0 saturated heterocycles. The fourth-order valence-corrected chi connectivity index (χ4v) is 2.56. The van der Waals surface area contributed by atoms with Crippen LogP contribution in [-0.4, -0.2) is 0 Å². The molecule has 0 aromatic heterocycles. The molecular weight excluding hydrogens is 204 g/mol. The van der Waals surface area contributed by atoms with Gasteiger partial charge in [-0.3, -0.25) is 0 Å². The van der Waals surface area contributed by atoms with Crippen molar-refractivity contribution in [3.8, 4) is 0 Å². The van der Waals surface area contributed by atoms with Gasteiger partial charge < -0.3 is 0 Å². The van der Waals surface area contributed by atoms with Gasteiger partial charge in [-0.2, -0.15) is 0 Å². The number of hydrogen-bond donors (Lipinski definition) is 0. The Kier molecular flexibility index (Phi) is 3.48. The Morgan fingerprint density at radius 1 is 1.33 bits per heavy atom. The highest BCUT2D eigenvalue weighted by Gasteiger charge is 2.18. The topological polar surface area (TPSA) is 0 Å². The van der Waals surface area contributed by atoms with Crippen LogP contribution >= 0.6 is 11.6 Å². The van der Waals surface area contributed by atoms with E-state index >= 15 is 0 Å². The maximum Gasteiger partial charge on any atom is 0.0224 e. The third-order valence-corrected chi connectivity index (χ3v) is 3.58. The lowest BCUT2D eigenvalue weighted by Gasteiger charge is -2.22. The second-order valence-electron chi connectivity index (χ2n) is 4.25. The van der Waals surface area contributed by atoms with Crippen LogP contribution in [0.2, 0.25) is 0 Å². The van der Waals surface area contributed by atoms with Gasteiger partial charge in [0.2, 0.25) is 0 Å². The molecule has 0 amide bonds. The molecule has 0 aromatic rings. The minimum Gasteiger partial charge on any atom is -0.0888 e. The molecule has 2 aliphatic carbocycles. The van der Waals surface area contributed by atoms with E-state index < -0.39 is 0 Å². The molecule has 0 fully saturated rings. The molecule has 2 aliphatic rings. The minimum absolute atomic E-state index is 0.497. The van der Waals surface area contributed by atoms with Gasteiger partial charge in [0.1, 0.15) is 0 Å². The van der Waals surface area contributed by atoms with E-state index in [1.165, 1.54) is 12.0 Å². The largest absolute Gasteiger partial charge is 0.0888 e. The Balaban J connectivity index is 2.13. The molecule has 0 aliphatic heterocycles. The maximum absolute atomic E-state index is 6.36. The van der Waals surface area contributed by atoms with E-state index in [-0.39, 0.29) is 0 Å². The van der Waals surface area contributed by atoms with Gasteiger partial charge in [-0.15, -0.1) is 0 Å². The van der Waals surface area contributed by atoms with Crippen LogP contribution in [0.25, 0.3) is 0 Å². The van der Waals surface area contributed by atoms with Gasteiger partial charge in [-0.05, 0) is 30.8 Å². The lowest BCUT2D eigenvalue weighted by Crippen LogP contribution is -2.08. The van der Waals surface area contributed by atoms with E-state index in [9.17, 15) is 0 Å². The molecule has 1 heteroatoms. The second-order valence-corrected chi connectivity index (χ2v) is 4.70. The van der Waals surface area contributed by atoms with Crippen molar-refractivity contribution in [3.63, 3.8) is 0 Å². The Morgan fingerprint density at radius 2 is 2.20 bits per heavy atom. The molecule has 0 bridgehead atoms. The van der Waals surface area contributed by atoms with Gasteiger partial charge in [0, 0.05) is 11.0 Å². The average molecular weight is 221 g/mol. The summed E-state index contributed by atoms with van der Waals surface area (Å²) in [6.07, 6.45) is 16.5. The summed E-state index contributed by atoms with van der Waals surface area (Å²) >= 11 is 6.36. The molecule has 0 N–H and O–H groups in total. The standard InChI is InChI=1S/C14H17Cl/c1-2-11-8-9-13(14(15)10-11)12-6-4-3-5-7-12/h3-6,8-9,11-12H,2,7,10H2,1H3. The van der Waals surface area contributed by atoms with E-state index in [1.807, 2.05) is 0 Å². The first-order valence-electron chi connectivity index (χ1n) is 5.71. The first kappa shape index (κ1) is 10.8. The fourth-order valence-electron chi connectivity index (χ4n) is 2.16. The summed E-state index contributed by atoms with van der Waals surface area (Å²) in [4.78, 5) is 0. The summed E-state index contributed by atoms with van der Waals surface area (Å²) in [7, 11) is 0. The van der Waals surface area contributed by atoms with E-state index in [0.717, 1.165) is 17.9 Å². The highest BCUT2D eigenvalue weighted by molar-refractivity contribution is 6.30. The van der Waals surface area contributed by atoms with Crippen LogP contribution < -0.4 is 0 Å². The van der Waals surface area contributed by atoms with E-state index in [1.54, 1.807) is 0 Å². The predicted octanol–water partition coefficient (Wildman–Crippen LogP) is 4.60. The van der Waals surface area contributed by atoms with Crippen molar-refractivity contribution in [1.29, 1.82) is 0 Å².